The lowest BCUT2D eigenvalue weighted by Gasteiger charge is -2.16. The third kappa shape index (κ3) is 3.57. The van der Waals surface area contributed by atoms with Gasteiger partial charge in [-0.05, 0) is 35.8 Å². The van der Waals surface area contributed by atoms with Gasteiger partial charge in [-0.2, -0.15) is 0 Å². The normalized spacial score (nSPS) is 12.4. The zero-order valence-corrected chi connectivity index (χ0v) is 10.1. The quantitative estimate of drug-likeness (QED) is 0.743. The van der Waals surface area contributed by atoms with E-state index in [1.165, 1.54) is 17.7 Å². The number of rotatable bonds is 3. The summed E-state index contributed by atoms with van der Waals surface area (Å²) in [4.78, 5) is 3.36. The Balaban J connectivity index is 2.52. The maximum atomic E-state index is 3.36. The van der Waals surface area contributed by atoms with Crippen LogP contribution in [0, 0.1) is 5.41 Å². The van der Waals surface area contributed by atoms with Crippen LogP contribution in [0.1, 0.15) is 58.2 Å². The lowest BCUT2D eigenvalue weighted by atomic mass is 9.90. The summed E-state index contributed by atoms with van der Waals surface area (Å²) >= 11 is 0. The Morgan fingerprint density at radius 2 is 1.93 bits per heavy atom. The van der Waals surface area contributed by atoms with Gasteiger partial charge in [-0.3, -0.25) is 0 Å². The molecule has 0 aliphatic rings. The Labute approximate surface area is 87.9 Å². The molecule has 0 aliphatic heterocycles. The van der Waals surface area contributed by atoms with Crippen molar-refractivity contribution in [3.05, 3.63) is 23.5 Å². The second-order valence-electron chi connectivity index (χ2n) is 5.67. The van der Waals surface area contributed by atoms with Crippen molar-refractivity contribution < 1.29 is 0 Å². The first-order valence-corrected chi connectivity index (χ1v) is 5.56. The van der Waals surface area contributed by atoms with E-state index in [-0.39, 0.29) is 0 Å². The van der Waals surface area contributed by atoms with Gasteiger partial charge in [0.05, 0.1) is 0 Å². The van der Waals surface area contributed by atoms with Crippen molar-refractivity contribution in [1.29, 1.82) is 0 Å². The first-order valence-electron chi connectivity index (χ1n) is 5.56. The van der Waals surface area contributed by atoms with Crippen LogP contribution in [0.25, 0.3) is 0 Å². The second kappa shape index (κ2) is 4.20. The minimum atomic E-state index is 0.434. The molecule has 0 atom stereocenters. The van der Waals surface area contributed by atoms with Crippen molar-refractivity contribution in [3.63, 3.8) is 0 Å². The molecule has 80 valence electrons. The van der Waals surface area contributed by atoms with Crippen LogP contribution in [0.15, 0.2) is 12.3 Å². The molecule has 0 saturated heterocycles. The molecule has 1 N–H and O–H groups in total. The topological polar surface area (TPSA) is 15.8 Å². The molecule has 0 amide bonds. The van der Waals surface area contributed by atoms with Gasteiger partial charge in [-0.1, -0.05) is 34.6 Å². The van der Waals surface area contributed by atoms with Gasteiger partial charge in [0, 0.05) is 11.9 Å². The van der Waals surface area contributed by atoms with Gasteiger partial charge in [0.1, 0.15) is 0 Å². The Kier molecular flexibility index (Phi) is 3.41. The Hall–Kier alpha value is -0.720. The third-order valence-electron chi connectivity index (χ3n) is 2.58. The van der Waals surface area contributed by atoms with Crippen molar-refractivity contribution in [3.8, 4) is 0 Å². The molecule has 0 aromatic carbocycles. The number of nitrogens with one attached hydrogen (secondary N) is 1. The molecule has 1 aromatic heterocycles. The molecule has 1 rings (SSSR count). The largest absolute Gasteiger partial charge is 0.365 e. The predicted octanol–water partition coefficient (Wildman–Crippen LogP) is 4.12. The van der Waals surface area contributed by atoms with E-state index in [0.29, 0.717) is 11.3 Å². The van der Waals surface area contributed by atoms with E-state index in [9.17, 15) is 0 Å². The van der Waals surface area contributed by atoms with E-state index in [1.807, 2.05) is 0 Å². The number of aromatic amines is 1. The summed E-state index contributed by atoms with van der Waals surface area (Å²) in [6.45, 7) is 11.3. The summed E-state index contributed by atoms with van der Waals surface area (Å²) in [6.07, 6.45) is 4.55. The van der Waals surface area contributed by atoms with E-state index < -0.39 is 0 Å². The zero-order valence-electron chi connectivity index (χ0n) is 10.1. The van der Waals surface area contributed by atoms with Gasteiger partial charge in [0.2, 0.25) is 0 Å². The minimum Gasteiger partial charge on any atom is -0.365 e. The van der Waals surface area contributed by atoms with Crippen LogP contribution in [0.3, 0.4) is 0 Å². The number of aromatic nitrogens is 1. The number of hydrogen-bond acceptors (Lipinski definition) is 0. The minimum absolute atomic E-state index is 0.434. The average molecular weight is 193 g/mol. The molecule has 14 heavy (non-hydrogen) atoms. The lowest BCUT2D eigenvalue weighted by molar-refractivity contribution is 0.377. The molecule has 0 fully saturated rings. The number of hydrogen-bond donors (Lipinski definition) is 1. The molecule has 0 radical (unpaired) electrons. The monoisotopic (exact) mass is 193 g/mol. The summed E-state index contributed by atoms with van der Waals surface area (Å²) in [5.41, 5.74) is 3.24. The fourth-order valence-electron chi connectivity index (χ4n) is 1.45. The second-order valence-corrected chi connectivity index (χ2v) is 5.67. The molecule has 1 heteroatoms. The first-order chi connectivity index (χ1) is 6.38. The predicted molar refractivity (Wildman–Crippen MR) is 62.7 cm³/mol. The highest BCUT2D eigenvalue weighted by atomic mass is 14.7. The molecular formula is C13H23N. The van der Waals surface area contributed by atoms with Gasteiger partial charge in [-0.15, -0.1) is 0 Å². The average Bonchev–Trinajstić information content (AvgIpc) is 2.47. The van der Waals surface area contributed by atoms with Gasteiger partial charge in [0.25, 0.3) is 0 Å². The van der Waals surface area contributed by atoms with Gasteiger partial charge in [0.15, 0.2) is 0 Å². The molecule has 0 unspecified atom stereocenters. The van der Waals surface area contributed by atoms with E-state index in [4.69, 9.17) is 0 Å². The molecule has 0 spiro atoms. The SMILES string of the molecule is CC(C)c1c[nH]c(CCC(C)(C)C)c1. The zero-order chi connectivity index (χ0) is 10.8. The summed E-state index contributed by atoms with van der Waals surface area (Å²) in [5, 5.41) is 0. The molecular weight excluding hydrogens is 170 g/mol. The molecule has 1 nitrogen and oxygen atoms in total. The van der Waals surface area contributed by atoms with Crippen LogP contribution < -0.4 is 0 Å². The first kappa shape index (κ1) is 11.4. The fourth-order valence-corrected chi connectivity index (χ4v) is 1.45. The standard InChI is InChI=1S/C13H23N/c1-10(2)11-8-12(14-9-11)6-7-13(3,4)5/h8-10,14H,6-7H2,1-5H3. The molecule has 1 heterocycles. The number of H-pyrrole nitrogens is 1. The number of aryl methyl sites for hydroxylation is 1. The van der Waals surface area contributed by atoms with Crippen molar-refractivity contribution in [1.82, 2.24) is 4.98 Å². The Morgan fingerprint density at radius 3 is 2.36 bits per heavy atom. The molecule has 0 bridgehead atoms. The fraction of sp³-hybridized carbons (Fsp3) is 0.692. The summed E-state index contributed by atoms with van der Waals surface area (Å²) < 4.78 is 0. The van der Waals surface area contributed by atoms with Crippen molar-refractivity contribution in [2.24, 2.45) is 5.41 Å². The summed E-state index contributed by atoms with van der Waals surface area (Å²) in [7, 11) is 0. The van der Waals surface area contributed by atoms with E-state index in [2.05, 4.69) is 51.9 Å². The Bertz CT molecular complexity index is 276. The van der Waals surface area contributed by atoms with Crippen LogP contribution in [0.5, 0.6) is 0 Å². The highest BCUT2D eigenvalue weighted by Crippen LogP contribution is 2.22. The summed E-state index contributed by atoms with van der Waals surface area (Å²) in [5.74, 6) is 0.634. The van der Waals surface area contributed by atoms with Crippen LogP contribution in [-0.2, 0) is 6.42 Å². The lowest BCUT2D eigenvalue weighted by Crippen LogP contribution is -2.06. The molecule has 0 saturated carbocycles. The molecule has 1 aromatic rings. The smallest absolute Gasteiger partial charge is 0.0150 e. The third-order valence-corrected chi connectivity index (χ3v) is 2.58. The van der Waals surface area contributed by atoms with Gasteiger partial charge < -0.3 is 4.98 Å². The highest BCUT2D eigenvalue weighted by Gasteiger charge is 2.11. The Morgan fingerprint density at radius 1 is 1.29 bits per heavy atom. The van der Waals surface area contributed by atoms with E-state index in [0.717, 1.165) is 6.42 Å². The van der Waals surface area contributed by atoms with Gasteiger partial charge >= 0.3 is 0 Å². The van der Waals surface area contributed by atoms with Gasteiger partial charge in [-0.25, -0.2) is 0 Å². The van der Waals surface area contributed by atoms with E-state index >= 15 is 0 Å². The van der Waals surface area contributed by atoms with Crippen LogP contribution in [0.2, 0.25) is 0 Å². The van der Waals surface area contributed by atoms with Crippen molar-refractivity contribution in [2.45, 2.75) is 53.4 Å². The van der Waals surface area contributed by atoms with Crippen molar-refractivity contribution in [2.75, 3.05) is 0 Å². The maximum Gasteiger partial charge on any atom is 0.0150 e. The highest BCUT2D eigenvalue weighted by molar-refractivity contribution is 5.19. The van der Waals surface area contributed by atoms with Crippen LogP contribution in [-0.4, -0.2) is 4.98 Å². The van der Waals surface area contributed by atoms with Crippen LogP contribution in [0.4, 0.5) is 0 Å². The van der Waals surface area contributed by atoms with Crippen LogP contribution >= 0.6 is 0 Å². The maximum absolute atomic E-state index is 3.36. The van der Waals surface area contributed by atoms with Crippen molar-refractivity contribution >= 4 is 0 Å². The van der Waals surface area contributed by atoms with E-state index in [1.54, 1.807) is 0 Å². The molecule has 0 aliphatic carbocycles. The summed E-state index contributed by atoms with van der Waals surface area (Å²) in [6, 6.07) is 2.30.